The molecule has 178 valence electrons. The maximum absolute atomic E-state index is 13.2. The monoisotopic (exact) mass is 481 g/mol. The molecule has 0 aliphatic heterocycles. The van der Waals surface area contributed by atoms with Gasteiger partial charge in [-0.25, -0.2) is 13.2 Å². The van der Waals surface area contributed by atoms with E-state index in [9.17, 15) is 13.2 Å². The molecule has 0 atom stereocenters. The van der Waals surface area contributed by atoms with E-state index in [0.29, 0.717) is 57.5 Å². The Balaban J connectivity index is 1.88. The van der Waals surface area contributed by atoms with E-state index in [1.165, 1.54) is 12.1 Å². The molecule has 0 spiro atoms. The molecule has 8 heteroatoms. The Morgan fingerprint density at radius 1 is 0.941 bits per heavy atom. The van der Waals surface area contributed by atoms with Crippen LogP contribution >= 0.6 is 0 Å². The summed E-state index contributed by atoms with van der Waals surface area (Å²) in [6.07, 6.45) is 1.34. The van der Waals surface area contributed by atoms with Crippen molar-refractivity contribution in [2.75, 3.05) is 17.9 Å². The van der Waals surface area contributed by atoms with Crippen LogP contribution in [-0.2, 0) is 21.2 Å². The topological polar surface area (TPSA) is 94.8 Å². The van der Waals surface area contributed by atoms with Crippen LogP contribution in [0.4, 0.5) is 5.69 Å². The van der Waals surface area contributed by atoms with Crippen LogP contribution in [0.15, 0.2) is 63.9 Å². The highest BCUT2D eigenvalue weighted by molar-refractivity contribution is 7.92. The van der Waals surface area contributed by atoms with Crippen molar-refractivity contribution < 1.29 is 27.1 Å². The molecule has 3 aromatic carbocycles. The van der Waals surface area contributed by atoms with Crippen molar-refractivity contribution in [2.24, 2.45) is 0 Å². The van der Waals surface area contributed by atoms with Gasteiger partial charge in [0.25, 0.3) is 10.0 Å². The van der Waals surface area contributed by atoms with Crippen molar-refractivity contribution in [1.29, 1.82) is 0 Å². The summed E-state index contributed by atoms with van der Waals surface area (Å²) < 4.78 is 45.9. The van der Waals surface area contributed by atoms with Crippen LogP contribution in [0, 0.1) is 0 Å². The molecule has 1 N–H and O–H groups in total. The SMILES string of the molecule is CCCc1oc2c(cc(NS(=O)(=O)c3ccc(OCC)cc3)c3ccccc32)c1C(=O)OCC. The fraction of sp³-hybridized carbons (Fsp3) is 0.269. The van der Waals surface area contributed by atoms with Gasteiger partial charge in [0, 0.05) is 22.6 Å². The van der Waals surface area contributed by atoms with Gasteiger partial charge in [-0.15, -0.1) is 0 Å². The zero-order valence-electron chi connectivity index (χ0n) is 19.4. The van der Waals surface area contributed by atoms with Gasteiger partial charge in [0.1, 0.15) is 22.7 Å². The number of sulfonamides is 1. The number of rotatable bonds is 9. The van der Waals surface area contributed by atoms with Crippen LogP contribution in [0.25, 0.3) is 21.7 Å². The zero-order chi connectivity index (χ0) is 24.3. The van der Waals surface area contributed by atoms with Crippen molar-refractivity contribution in [1.82, 2.24) is 0 Å². The molecule has 7 nitrogen and oxygen atoms in total. The first-order valence-electron chi connectivity index (χ1n) is 11.3. The summed E-state index contributed by atoms with van der Waals surface area (Å²) in [7, 11) is -3.90. The molecule has 0 unspecified atom stereocenters. The predicted molar refractivity (Wildman–Crippen MR) is 132 cm³/mol. The van der Waals surface area contributed by atoms with Crippen molar-refractivity contribution in [3.8, 4) is 5.75 Å². The first kappa shape index (κ1) is 23.6. The summed E-state index contributed by atoms with van der Waals surface area (Å²) >= 11 is 0. The minimum Gasteiger partial charge on any atom is -0.494 e. The minimum absolute atomic E-state index is 0.101. The van der Waals surface area contributed by atoms with Gasteiger partial charge in [-0.05, 0) is 50.6 Å². The highest BCUT2D eigenvalue weighted by Gasteiger charge is 2.25. The van der Waals surface area contributed by atoms with Crippen LogP contribution in [0.2, 0.25) is 0 Å². The van der Waals surface area contributed by atoms with Crippen LogP contribution in [0.5, 0.6) is 5.75 Å². The van der Waals surface area contributed by atoms with Crippen LogP contribution in [0.1, 0.15) is 43.3 Å². The maximum atomic E-state index is 13.2. The van der Waals surface area contributed by atoms with Crippen LogP contribution < -0.4 is 9.46 Å². The quantitative estimate of drug-likeness (QED) is 0.298. The Hall–Kier alpha value is -3.52. The van der Waals surface area contributed by atoms with Gasteiger partial charge < -0.3 is 13.9 Å². The van der Waals surface area contributed by atoms with E-state index in [4.69, 9.17) is 13.9 Å². The highest BCUT2D eigenvalue weighted by Crippen LogP contribution is 2.38. The third-order valence-electron chi connectivity index (χ3n) is 5.41. The minimum atomic E-state index is -3.90. The number of esters is 1. The first-order chi connectivity index (χ1) is 16.4. The van der Waals surface area contributed by atoms with Crippen molar-refractivity contribution in [3.63, 3.8) is 0 Å². The molecule has 34 heavy (non-hydrogen) atoms. The number of furan rings is 1. The second-order valence-corrected chi connectivity index (χ2v) is 9.41. The first-order valence-corrected chi connectivity index (χ1v) is 12.8. The van der Waals surface area contributed by atoms with Crippen molar-refractivity contribution in [3.05, 3.63) is 65.9 Å². The van der Waals surface area contributed by atoms with Crippen molar-refractivity contribution >= 4 is 43.4 Å². The molecule has 1 heterocycles. The number of ether oxygens (including phenoxy) is 2. The smallest absolute Gasteiger partial charge is 0.342 e. The van der Waals surface area contributed by atoms with Gasteiger partial charge in [0.2, 0.25) is 0 Å². The molecule has 4 rings (SSSR count). The Morgan fingerprint density at radius 2 is 1.65 bits per heavy atom. The lowest BCUT2D eigenvalue weighted by Gasteiger charge is -2.12. The largest absolute Gasteiger partial charge is 0.494 e. The molecule has 0 bridgehead atoms. The molecule has 0 saturated heterocycles. The third kappa shape index (κ3) is 4.46. The predicted octanol–water partition coefficient (Wildman–Crippen LogP) is 5.91. The average Bonchev–Trinajstić information content (AvgIpc) is 3.18. The average molecular weight is 482 g/mol. The van der Waals surface area contributed by atoms with Gasteiger partial charge >= 0.3 is 5.97 Å². The van der Waals surface area contributed by atoms with E-state index in [-0.39, 0.29) is 11.5 Å². The lowest BCUT2D eigenvalue weighted by molar-refractivity contribution is 0.0525. The molecule has 0 fully saturated rings. The summed E-state index contributed by atoms with van der Waals surface area (Å²) in [6, 6.07) is 15.2. The zero-order valence-corrected chi connectivity index (χ0v) is 20.2. The summed E-state index contributed by atoms with van der Waals surface area (Å²) in [6.45, 7) is 6.31. The molecule has 0 amide bonds. The maximum Gasteiger partial charge on any atom is 0.342 e. The van der Waals surface area contributed by atoms with Gasteiger partial charge in [-0.1, -0.05) is 31.2 Å². The molecule has 0 radical (unpaired) electrons. The van der Waals surface area contributed by atoms with E-state index in [1.54, 1.807) is 25.1 Å². The molecule has 4 aromatic rings. The highest BCUT2D eigenvalue weighted by atomic mass is 32.2. The second kappa shape index (κ2) is 9.77. The molecular formula is C26H27NO6S. The summed E-state index contributed by atoms with van der Waals surface area (Å²) in [5, 5.41) is 1.89. The summed E-state index contributed by atoms with van der Waals surface area (Å²) in [4.78, 5) is 12.9. The number of aryl methyl sites for hydroxylation is 1. The van der Waals surface area contributed by atoms with Gasteiger partial charge in [0.05, 0.1) is 23.8 Å². The number of hydrogen-bond acceptors (Lipinski definition) is 6. The molecule has 0 aliphatic rings. The molecule has 0 aliphatic carbocycles. The lowest BCUT2D eigenvalue weighted by atomic mass is 10.0. The van der Waals surface area contributed by atoms with Gasteiger partial charge in [0.15, 0.2) is 0 Å². The number of anilines is 1. The van der Waals surface area contributed by atoms with Gasteiger partial charge in [-0.2, -0.15) is 0 Å². The summed E-state index contributed by atoms with van der Waals surface area (Å²) in [5.41, 5.74) is 1.23. The number of hydrogen-bond donors (Lipinski definition) is 1. The van der Waals surface area contributed by atoms with E-state index >= 15 is 0 Å². The Morgan fingerprint density at radius 3 is 2.29 bits per heavy atom. The third-order valence-corrected chi connectivity index (χ3v) is 6.80. The Labute approximate surface area is 198 Å². The van der Waals surface area contributed by atoms with E-state index in [2.05, 4.69) is 4.72 Å². The van der Waals surface area contributed by atoms with E-state index < -0.39 is 16.0 Å². The lowest BCUT2D eigenvalue weighted by Crippen LogP contribution is -2.13. The number of benzene rings is 3. The molecule has 0 saturated carbocycles. The number of carbonyl (C=O) groups excluding carboxylic acids is 1. The van der Waals surface area contributed by atoms with Crippen LogP contribution in [-0.4, -0.2) is 27.6 Å². The Kier molecular flexibility index (Phi) is 6.79. The molecule has 1 aromatic heterocycles. The summed E-state index contributed by atoms with van der Waals surface area (Å²) in [5.74, 6) is 0.641. The van der Waals surface area contributed by atoms with E-state index in [0.717, 1.165) is 6.42 Å². The van der Waals surface area contributed by atoms with Gasteiger partial charge in [-0.3, -0.25) is 4.72 Å². The molecular weight excluding hydrogens is 454 g/mol. The second-order valence-electron chi connectivity index (χ2n) is 7.73. The normalized spacial score (nSPS) is 11.6. The Bertz CT molecular complexity index is 1440. The van der Waals surface area contributed by atoms with E-state index in [1.807, 2.05) is 38.1 Å². The van der Waals surface area contributed by atoms with Crippen LogP contribution in [0.3, 0.4) is 0 Å². The number of fused-ring (bicyclic) bond motifs is 3. The fourth-order valence-corrected chi connectivity index (χ4v) is 5.04. The van der Waals surface area contributed by atoms with Crippen molar-refractivity contribution in [2.45, 2.75) is 38.5 Å². The fourth-order valence-electron chi connectivity index (χ4n) is 3.97. The number of nitrogens with one attached hydrogen (secondary N) is 1. The number of carbonyl (C=O) groups is 1. The standard InChI is InChI=1S/C26H27NO6S/c1-4-9-23-24(26(28)32-6-3)21-16-22(19-10-7-8-11-20(19)25(21)33-23)27-34(29,30)18-14-12-17(13-15-18)31-5-2/h7-8,10-16,27H,4-6,9H2,1-3H3.